The maximum absolute atomic E-state index is 13.6. The fourth-order valence-corrected chi connectivity index (χ4v) is 7.94. The molecule has 0 spiro atoms. The predicted molar refractivity (Wildman–Crippen MR) is 116 cm³/mol. The molecule has 4 rings (SSSR count). The summed E-state index contributed by atoms with van der Waals surface area (Å²) in [6.45, 7) is -0.713. The molecule has 3 unspecified atom stereocenters. The zero-order valence-electron chi connectivity index (χ0n) is 17.5. The van der Waals surface area contributed by atoms with Crippen molar-refractivity contribution in [2.45, 2.75) is 41.1 Å². The fraction of sp³-hybridized carbons (Fsp3) is 0.409. The molecule has 7 nitrogen and oxygen atoms in total. The van der Waals surface area contributed by atoms with Crippen LogP contribution in [0.4, 0.5) is 18.9 Å². The van der Waals surface area contributed by atoms with Crippen LogP contribution in [0.2, 0.25) is 5.02 Å². The number of hydrogen-bond donors (Lipinski definition) is 4. The SMILES string of the molecule is O=C(Nc1cc(F)c(F)c(F)c1)c1ccc(Cl)c(S(=O)(=O)[C@H]2C3CCC2C(O)[C@](O)(CO)C3)c1. The van der Waals surface area contributed by atoms with Gasteiger partial charge in [-0.1, -0.05) is 11.6 Å². The smallest absolute Gasteiger partial charge is 0.255 e. The maximum atomic E-state index is 13.6. The summed E-state index contributed by atoms with van der Waals surface area (Å²) in [6.07, 6.45) is -0.861. The Morgan fingerprint density at radius 1 is 1.15 bits per heavy atom. The van der Waals surface area contributed by atoms with Gasteiger partial charge < -0.3 is 20.6 Å². The molecular formula is C22H21ClF3NO6S. The number of anilines is 1. The Hall–Kier alpha value is -2.18. The Morgan fingerprint density at radius 3 is 2.41 bits per heavy atom. The molecule has 12 heteroatoms. The molecule has 2 aromatic rings. The summed E-state index contributed by atoms with van der Waals surface area (Å²) in [7, 11) is -4.20. The number of aliphatic hydroxyl groups excluding tert-OH is 2. The lowest BCUT2D eigenvalue weighted by Gasteiger charge is -2.43. The number of aliphatic hydroxyl groups is 3. The van der Waals surface area contributed by atoms with Crippen LogP contribution in [0.15, 0.2) is 35.2 Å². The van der Waals surface area contributed by atoms with Crippen molar-refractivity contribution in [3.63, 3.8) is 0 Å². The van der Waals surface area contributed by atoms with Crippen LogP contribution in [0.25, 0.3) is 0 Å². The number of amides is 1. The van der Waals surface area contributed by atoms with E-state index in [0.29, 0.717) is 25.0 Å². The lowest BCUT2D eigenvalue weighted by atomic mass is 9.75. The number of halogens is 4. The third-order valence-corrected chi connectivity index (χ3v) is 9.55. The minimum Gasteiger partial charge on any atom is -0.393 e. The summed E-state index contributed by atoms with van der Waals surface area (Å²) >= 11 is 6.16. The summed E-state index contributed by atoms with van der Waals surface area (Å²) in [4.78, 5) is 12.2. The van der Waals surface area contributed by atoms with Crippen LogP contribution in [0.5, 0.6) is 0 Å². The van der Waals surface area contributed by atoms with Gasteiger partial charge in [0.05, 0.1) is 27.9 Å². The van der Waals surface area contributed by atoms with Gasteiger partial charge in [-0.05, 0) is 43.4 Å². The Morgan fingerprint density at radius 2 is 1.79 bits per heavy atom. The molecule has 0 aromatic heterocycles. The quantitative estimate of drug-likeness (QED) is 0.450. The number of carbonyl (C=O) groups is 1. The molecule has 2 saturated carbocycles. The average Bonchev–Trinajstić information content (AvgIpc) is 3.15. The first kappa shape index (κ1) is 24.9. The van der Waals surface area contributed by atoms with Crippen molar-refractivity contribution in [1.29, 1.82) is 0 Å². The molecule has 4 N–H and O–H groups in total. The van der Waals surface area contributed by atoms with Gasteiger partial charge in [-0.15, -0.1) is 0 Å². The summed E-state index contributed by atoms with van der Waals surface area (Å²) in [5.41, 5.74) is -2.37. The predicted octanol–water partition coefficient (Wildman–Crippen LogP) is 2.67. The number of rotatable bonds is 5. The number of benzene rings is 2. The van der Waals surface area contributed by atoms with Gasteiger partial charge in [0.1, 0.15) is 5.60 Å². The minimum absolute atomic E-state index is 0.120. The van der Waals surface area contributed by atoms with Crippen LogP contribution < -0.4 is 5.32 Å². The lowest BCUT2D eigenvalue weighted by Crippen LogP contribution is -2.58. The van der Waals surface area contributed by atoms with E-state index in [1.165, 1.54) is 12.1 Å². The Kier molecular flexibility index (Phi) is 6.45. The van der Waals surface area contributed by atoms with Crippen LogP contribution in [-0.4, -0.2) is 53.2 Å². The Labute approximate surface area is 198 Å². The van der Waals surface area contributed by atoms with Gasteiger partial charge in [0, 0.05) is 29.3 Å². The zero-order chi connectivity index (χ0) is 25.0. The fourth-order valence-electron chi connectivity index (χ4n) is 5.10. The molecule has 1 amide bonds. The van der Waals surface area contributed by atoms with E-state index in [1.807, 2.05) is 0 Å². The second-order valence-corrected chi connectivity index (χ2v) is 11.3. The van der Waals surface area contributed by atoms with Crippen molar-refractivity contribution in [3.05, 3.63) is 58.4 Å². The monoisotopic (exact) mass is 519 g/mol. The van der Waals surface area contributed by atoms with Crippen molar-refractivity contribution in [2.24, 2.45) is 11.8 Å². The van der Waals surface area contributed by atoms with E-state index in [2.05, 4.69) is 5.32 Å². The van der Waals surface area contributed by atoms with E-state index in [-0.39, 0.29) is 27.6 Å². The van der Waals surface area contributed by atoms with Crippen molar-refractivity contribution >= 4 is 33.0 Å². The summed E-state index contributed by atoms with van der Waals surface area (Å²) in [5, 5.41) is 31.5. The largest absolute Gasteiger partial charge is 0.393 e. The van der Waals surface area contributed by atoms with Gasteiger partial charge in [-0.2, -0.15) is 0 Å². The molecule has 184 valence electrons. The third kappa shape index (κ3) is 4.09. The lowest BCUT2D eigenvalue weighted by molar-refractivity contribution is -0.147. The highest BCUT2D eigenvalue weighted by molar-refractivity contribution is 7.92. The molecule has 2 bridgehead atoms. The Bertz CT molecular complexity index is 1240. The van der Waals surface area contributed by atoms with Crippen molar-refractivity contribution < 1.29 is 41.7 Å². The molecule has 2 aromatic carbocycles. The summed E-state index contributed by atoms with van der Waals surface area (Å²) < 4.78 is 67.2. The van der Waals surface area contributed by atoms with E-state index in [0.717, 1.165) is 6.07 Å². The van der Waals surface area contributed by atoms with E-state index in [4.69, 9.17) is 11.6 Å². The van der Waals surface area contributed by atoms with Crippen molar-refractivity contribution in [2.75, 3.05) is 11.9 Å². The topological polar surface area (TPSA) is 124 Å². The number of nitrogens with one attached hydrogen (secondary N) is 1. The van der Waals surface area contributed by atoms with Gasteiger partial charge in [-0.25, -0.2) is 21.6 Å². The standard InChI is InChI=1S/C22H21ClF3NO6S/c23-14-4-2-10(21(30)27-12-6-15(24)18(26)16(25)7-12)5-17(14)34(32,33)19-11-1-3-13(19)20(29)22(31,8-11)9-28/h2,4-7,11,13,19-20,28-29,31H,1,3,8-9H2,(H,27,30)/t11?,13?,19-,20?,22+/m0/s1. The highest BCUT2D eigenvalue weighted by Crippen LogP contribution is 2.51. The molecule has 2 aliphatic rings. The van der Waals surface area contributed by atoms with Gasteiger partial charge in [0.25, 0.3) is 5.91 Å². The molecule has 34 heavy (non-hydrogen) atoms. The van der Waals surface area contributed by atoms with Gasteiger partial charge >= 0.3 is 0 Å². The molecule has 2 fully saturated rings. The van der Waals surface area contributed by atoms with Crippen molar-refractivity contribution in [3.8, 4) is 0 Å². The molecule has 0 saturated heterocycles. The molecular weight excluding hydrogens is 499 g/mol. The highest BCUT2D eigenvalue weighted by atomic mass is 35.5. The molecule has 5 atom stereocenters. The zero-order valence-corrected chi connectivity index (χ0v) is 19.1. The first-order chi connectivity index (χ1) is 15.9. The average molecular weight is 520 g/mol. The second kappa shape index (κ2) is 8.80. The van der Waals surface area contributed by atoms with Gasteiger partial charge in [0.2, 0.25) is 0 Å². The van der Waals surface area contributed by atoms with Crippen LogP contribution >= 0.6 is 11.6 Å². The summed E-state index contributed by atoms with van der Waals surface area (Å²) in [5.74, 6) is -7.03. The van der Waals surface area contributed by atoms with Gasteiger partial charge in [-0.3, -0.25) is 4.79 Å². The summed E-state index contributed by atoms with van der Waals surface area (Å²) in [6, 6.07) is 4.56. The van der Waals surface area contributed by atoms with Crippen LogP contribution in [0, 0.1) is 29.3 Å². The highest BCUT2D eigenvalue weighted by Gasteiger charge is 2.59. The van der Waals surface area contributed by atoms with Crippen LogP contribution in [0.3, 0.4) is 0 Å². The molecule has 2 aliphatic carbocycles. The van der Waals surface area contributed by atoms with Gasteiger partial charge in [0.15, 0.2) is 27.3 Å². The first-order valence-corrected chi connectivity index (χ1v) is 12.3. The van der Waals surface area contributed by atoms with E-state index in [9.17, 15) is 41.7 Å². The van der Waals surface area contributed by atoms with E-state index in [1.54, 1.807) is 0 Å². The van der Waals surface area contributed by atoms with Crippen LogP contribution in [0.1, 0.15) is 29.6 Å². The number of carbonyl (C=O) groups excluding carboxylic acids is 1. The number of fused-ring (bicyclic) bond motifs is 2. The third-order valence-electron chi connectivity index (χ3n) is 6.70. The molecule has 0 aliphatic heterocycles. The number of sulfone groups is 1. The van der Waals surface area contributed by atoms with E-state index >= 15 is 0 Å². The molecule has 0 heterocycles. The molecule has 0 radical (unpaired) electrons. The minimum atomic E-state index is -4.20. The second-order valence-electron chi connectivity index (χ2n) is 8.77. The number of hydrogen-bond acceptors (Lipinski definition) is 6. The maximum Gasteiger partial charge on any atom is 0.255 e. The normalized spacial score (nSPS) is 28.7. The Balaban J connectivity index is 1.65. The first-order valence-electron chi connectivity index (χ1n) is 10.4. The van der Waals surface area contributed by atoms with Crippen molar-refractivity contribution in [1.82, 2.24) is 0 Å². The van der Waals surface area contributed by atoms with E-state index < -0.39 is 68.6 Å². The van der Waals surface area contributed by atoms with Crippen LogP contribution in [-0.2, 0) is 9.84 Å².